The number of nitrogen functional groups attached to an aromatic ring is 1. The first-order valence-corrected chi connectivity index (χ1v) is 11.0. The van der Waals surface area contributed by atoms with Crippen molar-refractivity contribution in [2.24, 2.45) is 0 Å². The largest absolute Gasteiger partial charge is 0.508 e. The van der Waals surface area contributed by atoms with Crippen molar-refractivity contribution in [3.05, 3.63) is 70.7 Å². The maximum Gasteiger partial charge on any atom is 0.230 e. The van der Waals surface area contributed by atoms with Crippen LogP contribution in [0.3, 0.4) is 0 Å². The Labute approximate surface area is 180 Å². The van der Waals surface area contributed by atoms with Crippen LogP contribution in [0.25, 0.3) is 0 Å². The van der Waals surface area contributed by atoms with Crippen molar-refractivity contribution in [3.8, 4) is 5.75 Å². The molecule has 0 radical (unpaired) electrons. The molecule has 1 amide bonds. The predicted octanol–water partition coefficient (Wildman–Crippen LogP) is 3.82. The molecule has 156 valence electrons. The molecule has 7 heteroatoms. The standard InChI is InChI=1S/C23H26N4O2S/c24-23-26-19(15-30-23)13-22(29)25-18-7-3-17(4-8-18)14-27-11-1-2-20(27)12-16-5-9-21(28)10-6-16/h3-10,15,20,28H,1-2,11-14H2,(H2,24,26)(H,25,29)/t20-/m1/s1. The zero-order valence-electron chi connectivity index (χ0n) is 16.8. The van der Waals surface area contributed by atoms with E-state index in [1.807, 2.05) is 29.6 Å². The van der Waals surface area contributed by atoms with Crippen molar-refractivity contribution in [3.63, 3.8) is 0 Å². The maximum atomic E-state index is 12.2. The van der Waals surface area contributed by atoms with Crippen LogP contribution in [-0.4, -0.2) is 33.5 Å². The summed E-state index contributed by atoms with van der Waals surface area (Å²) in [5, 5.41) is 14.7. The van der Waals surface area contributed by atoms with E-state index in [2.05, 4.69) is 27.3 Å². The van der Waals surface area contributed by atoms with Crippen molar-refractivity contribution in [1.29, 1.82) is 0 Å². The molecule has 4 N–H and O–H groups in total. The van der Waals surface area contributed by atoms with Gasteiger partial charge < -0.3 is 16.2 Å². The summed E-state index contributed by atoms with van der Waals surface area (Å²) in [6, 6.07) is 16.1. The molecule has 0 spiro atoms. The summed E-state index contributed by atoms with van der Waals surface area (Å²) in [6.45, 7) is 1.99. The topological polar surface area (TPSA) is 91.5 Å². The zero-order valence-corrected chi connectivity index (χ0v) is 17.6. The van der Waals surface area contributed by atoms with Crippen LogP contribution in [0.15, 0.2) is 53.9 Å². The number of anilines is 2. The van der Waals surface area contributed by atoms with Gasteiger partial charge in [0.1, 0.15) is 5.75 Å². The second kappa shape index (κ2) is 9.28. The van der Waals surface area contributed by atoms with Gasteiger partial charge in [-0.3, -0.25) is 9.69 Å². The number of nitrogens with two attached hydrogens (primary N) is 1. The molecule has 30 heavy (non-hydrogen) atoms. The number of benzene rings is 2. The highest BCUT2D eigenvalue weighted by Gasteiger charge is 2.24. The van der Waals surface area contributed by atoms with Crippen LogP contribution >= 0.6 is 11.3 Å². The molecule has 2 heterocycles. The average Bonchev–Trinajstić information content (AvgIpc) is 3.33. The number of nitrogens with one attached hydrogen (secondary N) is 1. The van der Waals surface area contributed by atoms with Crippen LogP contribution in [0.4, 0.5) is 10.8 Å². The average molecular weight is 423 g/mol. The maximum absolute atomic E-state index is 12.2. The van der Waals surface area contributed by atoms with E-state index in [1.165, 1.54) is 35.3 Å². The van der Waals surface area contributed by atoms with Gasteiger partial charge >= 0.3 is 0 Å². The molecule has 4 rings (SSSR count). The lowest BCUT2D eigenvalue weighted by Crippen LogP contribution is -2.30. The van der Waals surface area contributed by atoms with Crippen molar-refractivity contribution in [2.45, 2.75) is 38.3 Å². The molecule has 0 aliphatic carbocycles. The smallest absolute Gasteiger partial charge is 0.230 e. The molecule has 0 bridgehead atoms. The number of phenolic OH excluding ortho intramolecular Hbond substituents is 1. The Kier molecular flexibility index (Phi) is 6.30. The Morgan fingerprint density at radius 1 is 1.17 bits per heavy atom. The second-order valence-corrected chi connectivity index (χ2v) is 8.63. The summed E-state index contributed by atoms with van der Waals surface area (Å²) in [5.41, 5.74) is 9.58. The van der Waals surface area contributed by atoms with E-state index in [1.54, 1.807) is 12.1 Å². The number of aromatic nitrogens is 1. The molecule has 3 aromatic rings. The van der Waals surface area contributed by atoms with Gasteiger partial charge in [-0.1, -0.05) is 24.3 Å². The van der Waals surface area contributed by atoms with E-state index in [0.29, 0.717) is 22.6 Å². The van der Waals surface area contributed by atoms with E-state index in [-0.39, 0.29) is 12.3 Å². The van der Waals surface area contributed by atoms with Crippen LogP contribution in [0.1, 0.15) is 29.7 Å². The first-order valence-electron chi connectivity index (χ1n) is 10.2. The summed E-state index contributed by atoms with van der Waals surface area (Å²) in [6.07, 6.45) is 3.62. The van der Waals surface area contributed by atoms with Gasteiger partial charge in [0.2, 0.25) is 5.91 Å². The number of nitrogens with zero attached hydrogens (tertiary/aromatic N) is 2. The lowest BCUT2D eigenvalue weighted by Gasteiger charge is -2.24. The number of rotatable bonds is 7. The van der Waals surface area contributed by atoms with Gasteiger partial charge in [0.15, 0.2) is 5.13 Å². The second-order valence-electron chi connectivity index (χ2n) is 7.74. The summed E-state index contributed by atoms with van der Waals surface area (Å²) in [7, 11) is 0. The molecule has 1 aromatic heterocycles. The first kappa shape index (κ1) is 20.4. The lowest BCUT2D eigenvalue weighted by atomic mass is 10.0. The van der Waals surface area contributed by atoms with E-state index < -0.39 is 0 Å². The number of thiazole rings is 1. The minimum Gasteiger partial charge on any atom is -0.508 e. The van der Waals surface area contributed by atoms with Crippen LogP contribution in [0.2, 0.25) is 0 Å². The third-order valence-electron chi connectivity index (χ3n) is 5.44. The quantitative estimate of drug-likeness (QED) is 0.538. The van der Waals surface area contributed by atoms with Crippen molar-refractivity contribution >= 4 is 28.1 Å². The fourth-order valence-electron chi connectivity index (χ4n) is 3.94. The highest BCUT2D eigenvalue weighted by molar-refractivity contribution is 7.13. The molecular formula is C23H26N4O2S. The van der Waals surface area contributed by atoms with Crippen LogP contribution in [-0.2, 0) is 24.2 Å². The van der Waals surface area contributed by atoms with Gasteiger partial charge in [-0.25, -0.2) is 4.98 Å². The van der Waals surface area contributed by atoms with Gasteiger partial charge in [0.05, 0.1) is 12.1 Å². The summed E-state index contributed by atoms with van der Waals surface area (Å²) in [5.74, 6) is 0.214. The monoisotopic (exact) mass is 422 g/mol. The Balaban J connectivity index is 1.31. The Morgan fingerprint density at radius 3 is 2.60 bits per heavy atom. The number of carbonyl (C=O) groups excluding carboxylic acids is 1. The highest BCUT2D eigenvalue weighted by Crippen LogP contribution is 2.24. The molecule has 1 atom stereocenters. The van der Waals surface area contributed by atoms with Crippen molar-refractivity contribution < 1.29 is 9.90 Å². The van der Waals surface area contributed by atoms with Gasteiger partial charge in [0, 0.05) is 23.7 Å². The number of amides is 1. The molecule has 1 saturated heterocycles. The minimum atomic E-state index is -0.0958. The van der Waals surface area contributed by atoms with Gasteiger partial charge in [-0.05, 0) is 61.2 Å². The van der Waals surface area contributed by atoms with E-state index in [9.17, 15) is 9.90 Å². The summed E-state index contributed by atoms with van der Waals surface area (Å²) >= 11 is 1.34. The summed E-state index contributed by atoms with van der Waals surface area (Å²) in [4.78, 5) is 18.8. The molecule has 0 unspecified atom stereocenters. The molecule has 2 aromatic carbocycles. The van der Waals surface area contributed by atoms with Gasteiger partial charge in [0.25, 0.3) is 0 Å². The fourth-order valence-corrected chi connectivity index (χ4v) is 4.50. The predicted molar refractivity (Wildman–Crippen MR) is 121 cm³/mol. The number of phenols is 1. The summed E-state index contributed by atoms with van der Waals surface area (Å²) < 4.78 is 0. The molecule has 6 nitrogen and oxygen atoms in total. The van der Waals surface area contributed by atoms with Crippen LogP contribution in [0.5, 0.6) is 5.75 Å². The van der Waals surface area contributed by atoms with E-state index in [0.717, 1.165) is 25.2 Å². The van der Waals surface area contributed by atoms with Crippen molar-refractivity contribution in [2.75, 3.05) is 17.6 Å². The number of aromatic hydroxyl groups is 1. The van der Waals surface area contributed by atoms with Gasteiger partial charge in [-0.2, -0.15) is 0 Å². The lowest BCUT2D eigenvalue weighted by molar-refractivity contribution is -0.115. The van der Waals surface area contributed by atoms with Gasteiger partial charge in [-0.15, -0.1) is 11.3 Å². The first-order chi connectivity index (χ1) is 14.5. The Morgan fingerprint density at radius 2 is 1.90 bits per heavy atom. The fraction of sp³-hybridized carbons (Fsp3) is 0.304. The number of likely N-dealkylation sites (tertiary alicyclic amines) is 1. The van der Waals surface area contributed by atoms with E-state index >= 15 is 0 Å². The third kappa shape index (κ3) is 5.37. The Bertz CT molecular complexity index is 985. The highest BCUT2D eigenvalue weighted by atomic mass is 32.1. The van der Waals surface area contributed by atoms with Crippen LogP contribution in [0, 0.1) is 0 Å². The van der Waals surface area contributed by atoms with Crippen molar-refractivity contribution in [1.82, 2.24) is 9.88 Å². The van der Waals surface area contributed by atoms with E-state index in [4.69, 9.17) is 5.73 Å². The minimum absolute atomic E-state index is 0.0958. The normalized spacial score (nSPS) is 16.6. The number of hydrogen-bond acceptors (Lipinski definition) is 6. The molecule has 1 aliphatic rings. The SMILES string of the molecule is Nc1nc(CC(=O)Nc2ccc(CN3CCC[C@@H]3Cc3ccc(O)cc3)cc2)cs1. The third-order valence-corrected chi connectivity index (χ3v) is 6.16. The molecule has 1 aliphatic heterocycles. The number of carbonyl (C=O) groups is 1. The molecular weight excluding hydrogens is 396 g/mol. The molecule has 0 saturated carbocycles. The molecule has 1 fully saturated rings. The number of hydrogen-bond donors (Lipinski definition) is 3. The zero-order chi connectivity index (χ0) is 20.9. The van der Waals surface area contributed by atoms with Crippen LogP contribution < -0.4 is 11.1 Å². The Hall–Kier alpha value is -2.90.